The molecule has 0 aliphatic rings. The van der Waals surface area contributed by atoms with Gasteiger partial charge in [-0.1, -0.05) is 74.8 Å². The molecule has 2 N–H and O–H groups in total. The Hall–Kier alpha value is -3.87. The molecule has 0 aliphatic heterocycles. The number of anilines is 1. The van der Waals surface area contributed by atoms with Crippen LogP contribution in [0, 0.1) is 0 Å². The first-order valence-corrected chi connectivity index (χ1v) is 14.8. The molecule has 0 fully saturated rings. The number of aromatic nitrogens is 1. The van der Waals surface area contributed by atoms with E-state index in [0.717, 1.165) is 39.5 Å². The molecule has 0 saturated carbocycles. The number of halogens is 1. The highest BCUT2D eigenvalue weighted by Crippen LogP contribution is 2.34. The Kier molecular flexibility index (Phi) is 6.87. The van der Waals surface area contributed by atoms with Crippen LogP contribution in [0.1, 0.15) is 36.7 Å². The van der Waals surface area contributed by atoms with E-state index in [1.54, 1.807) is 24.3 Å². The highest BCUT2D eigenvalue weighted by Gasteiger charge is 2.19. The molecule has 0 spiro atoms. The van der Waals surface area contributed by atoms with Gasteiger partial charge in [0.15, 0.2) is 9.84 Å². The Labute approximate surface area is 233 Å². The van der Waals surface area contributed by atoms with Crippen molar-refractivity contribution in [2.24, 2.45) is 0 Å². The van der Waals surface area contributed by atoms with E-state index in [1.165, 1.54) is 6.07 Å². The van der Waals surface area contributed by atoms with Crippen molar-refractivity contribution in [3.8, 4) is 22.4 Å². The number of aromatic amines is 1. The largest absolute Gasteiger partial charge is 0.354 e. The summed E-state index contributed by atoms with van der Waals surface area (Å²) in [5, 5.41) is 4.59. The normalized spacial score (nSPS) is 12.0. The van der Waals surface area contributed by atoms with Crippen LogP contribution in [0.25, 0.3) is 33.3 Å². The van der Waals surface area contributed by atoms with Crippen molar-refractivity contribution < 1.29 is 13.2 Å². The molecule has 0 aliphatic carbocycles. The molecule has 5 rings (SSSR count). The van der Waals surface area contributed by atoms with Crippen molar-refractivity contribution in [1.82, 2.24) is 4.98 Å². The van der Waals surface area contributed by atoms with E-state index >= 15 is 0 Å². The Morgan fingerprint density at radius 3 is 2.23 bits per heavy atom. The minimum Gasteiger partial charge on any atom is -0.354 e. The molecule has 5 aromatic rings. The van der Waals surface area contributed by atoms with E-state index in [0.29, 0.717) is 21.8 Å². The number of carbonyl (C=O) groups is 1. The molecule has 39 heavy (non-hydrogen) atoms. The number of carbonyl (C=O) groups excluding carboxylic acids is 1. The minimum atomic E-state index is -3.47. The van der Waals surface area contributed by atoms with E-state index in [2.05, 4.69) is 31.1 Å². The molecule has 0 radical (unpaired) electrons. The number of rotatable bonds is 5. The van der Waals surface area contributed by atoms with Gasteiger partial charge in [-0.2, -0.15) is 0 Å². The number of benzene rings is 4. The zero-order chi connectivity index (χ0) is 27.9. The summed E-state index contributed by atoms with van der Waals surface area (Å²) in [7, 11) is -3.47. The molecule has 198 valence electrons. The van der Waals surface area contributed by atoms with Crippen molar-refractivity contribution >= 4 is 43.9 Å². The fourth-order valence-electron chi connectivity index (χ4n) is 4.57. The first-order valence-electron chi connectivity index (χ1n) is 12.5. The van der Waals surface area contributed by atoms with Crippen LogP contribution in [0.15, 0.2) is 95.9 Å². The third-order valence-electron chi connectivity index (χ3n) is 6.77. The quantitative estimate of drug-likeness (QED) is 0.229. The number of H-pyrrole nitrogens is 1. The van der Waals surface area contributed by atoms with Gasteiger partial charge >= 0.3 is 0 Å². The number of amides is 1. The van der Waals surface area contributed by atoms with Crippen molar-refractivity contribution in [3.05, 3.63) is 107 Å². The number of sulfone groups is 1. The van der Waals surface area contributed by atoms with Crippen molar-refractivity contribution in [2.75, 3.05) is 11.6 Å². The van der Waals surface area contributed by atoms with E-state index in [1.807, 2.05) is 60.7 Å². The van der Waals surface area contributed by atoms with Crippen LogP contribution in [0.5, 0.6) is 0 Å². The van der Waals surface area contributed by atoms with Gasteiger partial charge in [-0.25, -0.2) is 8.42 Å². The summed E-state index contributed by atoms with van der Waals surface area (Å²) in [6.07, 6.45) is 1.16. The minimum absolute atomic E-state index is 0.0371. The van der Waals surface area contributed by atoms with Crippen molar-refractivity contribution in [2.45, 2.75) is 31.1 Å². The van der Waals surface area contributed by atoms with Crippen LogP contribution in [0.3, 0.4) is 0 Å². The van der Waals surface area contributed by atoms with Crippen molar-refractivity contribution in [3.63, 3.8) is 0 Å². The lowest BCUT2D eigenvalue weighted by molar-refractivity contribution is 0.102. The standard InChI is InChI=1S/C32H29ClN2O3S/c1-32(2,3)22-11-9-20(10-12-22)26-19-24(39(4,37)38)14-15-25(26)31(36)34-23-13-16-28(33)27(18-23)30-17-21-7-5-6-8-29(21)35-30/h5-19,35H,1-4H3,(H,34,36). The summed E-state index contributed by atoms with van der Waals surface area (Å²) < 4.78 is 24.7. The predicted octanol–water partition coefficient (Wildman–Crippen LogP) is 8.11. The van der Waals surface area contributed by atoms with Gasteiger partial charge < -0.3 is 10.3 Å². The van der Waals surface area contributed by atoms with Gasteiger partial charge in [0.25, 0.3) is 5.91 Å². The van der Waals surface area contributed by atoms with E-state index in [-0.39, 0.29) is 16.2 Å². The second kappa shape index (κ2) is 10.0. The Bertz CT molecular complexity index is 1780. The molecule has 0 atom stereocenters. The van der Waals surface area contributed by atoms with Crippen LogP contribution < -0.4 is 5.32 Å². The fourth-order valence-corrected chi connectivity index (χ4v) is 5.43. The monoisotopic (exact) mass is 556 g/mol. The van der Waals surface area contributed by atoms with Crippen LogP contribution in [0.4, 0.5) is 5.69 Å². The number of hydrogen-bond donors (Lipinski definition) is 2. The second-order valence-corrected chi connectivity index (χ2v) is 13.1. The SMILES string of the molecule is CC(C)(C)c1ccc(-c2cc(S(C)(=O)=O)ccc2C(=O)Nc2ccc(Cl)c(-c3cc4ccccc4[nH]3)c2)cc1. The maximum atomic E-state index is 13.6. The maximum Gasteiger partial charge on any atom is 0.256 e. The smallest absolute Gasteiger partial charge is 0.256 e. The lowest BCUT2D eigenvalue weighted by atomic mass is 9.86. The maximum absolute atomic E-state index is 13.6. The summed E-state index contributed by atoms with van der Waals surface area (Å²) in [5.41, 5.74) is 5.94. The van der Waals surface area contributed by atoms with Gasteiger partial charge in [0.1, 0.15) is 0 Å². The lowest BCUT2D eigenvalue weighted by Crippen LogP contribution is -2.14. The highest BCUT2D eigenvalue weighted by molar-refractivity contribution is 7.90. The van der Waals surface area contributed by atoms with Gasteiger partial charge in [-0.3, -0.25) is 4.79 Å². The molecule has 1 heterocycles. The number of hydrogen-bond acceptors (Lipinski definition) is 3. The average molecular weight is 557 g/mol. The van der Waals surface area contributed by atoms with Gasteiger partial charge in [0, 0.05) is 39.7 Å². The second-order valence-electron chi connectivity index (χ2n) is 10.7. The molecule has 1 amide bonds. The number of para-hydroxylation sites is 1. The summed E-state index contributed by atoms with van der Waals surface area (Å²) >= 11 is 6.53. The third-order valence-corrected chi connectivity index (χ3v) is 8.21. The molecule has 1 aromatic heterocycles. The molecular weight excluding hydrogens is 528 g/mol. The summed E-state index contributed by atoms with van der Waals surface area (Å²) in [6.45, 7) is 6.38. The Balaban J connectivity index is 1.52. The predicted molar refractivity (Wildman–Crippen MR) is 160 cm³/mol. The molecular formula is C32H29ClN2O3S. The zero-order valence-corrected chi connectivity index (χ0v) is 23.7. The highest BCUT2D eigenvalue weighted by atomic mass is 35.5. The van der Waals surface area contributed by atoms with Gasteiger partial charge in [0.2, 0.25) is 0 Å². The van der Waals surface area contributed by atoms with Crippen LogP contribution in [0.2, 0.25) is 5.02 Å². The van der Waals surface area contributed by atoms with Gasteiger partial charge in [-0.15, -0.1) is 0 Å². The van der Waals surface area contributed by atoms with Crippen LogP contribution >= 0.6 is 11.6 Å². The molecule has 4 aromatic carbocycles. The molecule has 0 saturated heterocycles. The summed E-state index contributed by atoms with van der Waals surface area (Å²) in [4.78, 5) is 17.1. The van der Waals surface area contributed by atoms with E-state index < -0.39 is 9.84 Å². The van der Waals surface area contributed by atoms with Gasteiger partial charge in [-0.05, 0) is 70.6 Å². The van der Waals surface area contributed by atoms with E-state index in [9.17, 15) is 13.2 Å². The summed E-state index contributed by atoms with van der Waals surface area (Å²) in [5.74, 6) is -0.352. The third kappa shape index (κ3) is 5.63. The summed E-state index contributed by atoms with van der Waals surface area (Å²) in [6, 6.07) is 27.8. The topological polar surface area (TPSA) is 79.0 Å². The number of nitrogens with one attached hydrogen (secondary N) is 2. The average Bonchev–Trinajstić information content (AvgIpc) is 3.32. The first-order chi connectivity index (χ1) is 18.4. The molecule has 5 nitrogen and oxygen atoms in total. The molecule has 0 bridgehead atoms. The number of fused-ring (bicyclic) bond motifs is 1. The van der Waals surface area contributed by atoms with E-state index in [4.69, 9.17) is 11.6 Å². The lowest BCUT2D eigenvalue weighted by Gasteiger charge is -2.19. The molecule has 7 heteroatoms. The Morgan fingerprint density at radius 1 is 0.846 bits per heavy atom. The first kappa shape index (κ1) is 26.7. The Morgan fingerprint density at radius 2 is 1.56 bits per heavy atom. The van der Waals surface area contributed by atoms with Gasteiger partial charge in [0.05, 0.1) is 9.92 Å². The zero-order valence-electron chi connectivity index (χ0n) is 22.2. The van der Waals surface area contributed by atoms with Crippen LogP contribution in [-0.4, -0.2) is 25.6 Å². The fraction of sp³-hybridized carbons (Fsp3) is 0.156. The molecule has 0 unspecified atom stereocenters. The van der Waals surface area contributed by atoms with Crippen molar-refractivity contribution in [1.29, 1.82) is 0 Å². The van der Waals surface area contributed by atoms with Crippen LogP contribution in [-0.2, 0) is 15.3 Å².